The number of allylic oxidation sites excluding steroid dienone is 1. The molecule has 2 atom stereocenters. The molecule has 2 aromatic rings. The average Bonchev–Trinajstić information content (AvgIpc) is 3.43. The Hall–Kier alpha value is -1.95. The fourth-order valence-corrected chi connectivity index (χ4v) is 6.29. The van der Waals surface area contributed by atoms with E-state index in [1.807, 2.05) is 0 Å². The zero-order chi connectivity index (χ0) is 19.1. The number of fused-ring (bicyclic) bond motifs is 3. The third-order valence-corrected chi connectivity index (χ3v) is 7.90. The second kappa shape index (κ2) is 7.47. The number of carbonyl (C=O) groups is 1. The molecule has 6 heteroatoms. The van der Waals surface area contributed by atoms with Gasteiger partial charge < -0.3 is 10.2 Å². The number of aromatic nitrogens is 2. The van der Waals surface area contributed by atoms with Crippen molar-refractivity contribution in [1.29, 1.82) is 0 Å². The lowest BCUT2D eigenvalue weighted by Gasteiger charge is -2.26. The van der Waals surface area contributed by atoms with E-state index in [9.17, 15) is 4.79 Å². The maximum absolute atomic E-state index is 13.2. The molecule has 3 aliphatic rings. The number of likely N-dealkylation sites (tertiary alicyclic amines) is 1. The number of thiophene rings is 1. The summed E-state index contributed by atoms with van der Waals surface area (Å²) in [6.07, 6.45) is 13.8. The Morgan fingerprint density at radius 2 is 2.25 bits per heavy atom. The minimum Gasteiger partial charge on any atom is -0.369 e. The molecule has 2 fully saturated rings. The van der Waals surface area contributed by atoms with Crippen LogP contribution in [0.5, 0.6) is 0 Å². The summed E-state index contributed by atoms with van der Waals surface area (Å²) in [6.45, 7) is 3.87. The van der Waals surface area contributed by atoms with Crippen LogP contribution in [0, 0.1) is 12.8 Å². The van der Waals surface area contributed by atoms with Gasteiger partial charge in [-0.1, -0.05) is 11.6 Å². The van der Waals surface area contributed by atoms with Gasteiger partial charge in [-0.15, -0.1) is 11.3 Å². The zero-order valence-corrected chi connectivity index (χ0v) is 17.4. The van der Waals surface area contributed by atoms with Gasteiger partial charge in [0.25, 0.3) is 5.91 Å². The van der Waals surface area contributed by atoms with E-state index in [0.717, 1.165) is 51.9 Å². The van der Waals surface area contributed by atoms with Crippen LogP contribution in [0.25, 0.3) is 10.2 Å². The SMILES string of the molecule is Cc1c(C(=O)N2C[C@H]3CC[C@H]2C3)sc2ncnc(NCCC3=CCCCC3)c12. The zero-order valence-electron chi connectivity index (χ0n) is 16.5. The quantitative estimate of drug-likeness (QED) is 0.728. The molecule has 2 aliphatic carbocycles. The molecule has 1 N–H and O–H groups in total. The summed E-state index contributed by atoms with van der Waals surface area (Å²) in [6, 6.07) is 0.453. The topological polar surface area (TPSA) is 58.1 Å². The molecule has 148 valence electrons. The minimum atomic E-state index is 0.200. The molecule has 5 nitrogen and oxygen atoms in total. The molecular formula is C22H28N4OS. The summed E-state index contributed by atoms with van der Waals surface area (Å²) in [4.78, 5) is 26.1. The fraction of sp³-hybridized carbons (Fsp3) is 0.591. The molecule has 0 radical (unpaired) electrons. The molecule has 2 aromatic heterocycles. The average molecular weight is 397 g/mol. The lowest BCUT2D eigenvalue weighted by Crippen LogP contribution is -2.37. The third kappa shape index (κ3) is 3.21. The summed E-state index contributed by atoms with van der Waals surface area (Å²) < 4.78 is 0. The number of carbonyl (C=O) groups excluding carboxylic acids is 1. The molecule has 0 unspecified atom stereocenters. The molecule has 0 spiro atoms. The smallest absolute Gasteiger partial charge is 0.264 e. The number of hydrogen-bond acceptors (Lipinski definition) is 5. The van der Waals surface area contributed by atoms with Crippen LogP contribution in [0.1, 0.15) is 66.6 Å². The van der Waals surface area contributed by atoms with Crippen LogP contribution in [0.3, 0.4) is 0 Å². The van der Waals surface area contributed by atoms with Gasteiger partial charge in [-0.2, -0.15) is 0 Å². The monoisotopic (exact) mass is 396 g/mol. The van der Waals surface area contributed by atoms with Gasteiger partial charge in [0.1, 0.15) is 17.0 Å². The Bertz CT molecular complexity index is 934. The van der Waals surface area contributed by atoms with E-state index < -0.39 is 0 Å². The fourth-order valence-electron chi connectivity index (χ4n) is 5.19. The van der Waals surface area contributed by atoms with Gasteiger partial charge in [0.05, 0.1) is 10.3 Å². The maximum atomic E-state index is 13.2. The molecule has 2 bridgehead atoms. The predicted octanol–water partition coefficient (Wildman–Crippen LogP) is 4.93. The molecule has 1 saturated carbocycles. The minimum absolute atomic E-state index is 0.200. The predicted molar refractivity (Wildman–Crippen MR) is 114 cm³/mol. The first kappa shape index (κ1) is 18.1. The van der Waals surface area contributed by atoms with Gasteiger partial charge in [-0.05, 0) is 69.8 Å². The highest BCUT2D eigenvalue weighted by molar-refractivity contribution is 7.20. The van der Waals surface area contributed by atoms with Gasteiger partial charge in [0.15, 0.2) is 0 Å². The molecule has 5 rings (SSSR count). The third-order valence-electron chi connectivity index (χ3n) is 6.71. The van der Waals surface area contributed by atoms with Gasteiger partial charge in [-0.25, -0.2) is 9.97 Å². The van der Waals surface area contributed by atoms with E-state index in [-0.39, 0.29) is 5.91 Å². The van der Waals surface area contributed by atoms with Crippen LogP contribution in [0.2, 0.25) is 0 Å². The number of aryl methyl sites for hydroxylation is 1. The van der Waals surface area contributed by atoms with Crippen molar-refractivity contribution in [2.75, 3.05) is 18.4 Å². The molecule has 3 heterocycles. The Balaban J connectivity index is 1.36. The Morgan fingerprint density at radius 1 is 1.32 bits per heavy atom. The van der Waals surface area contributed by atoms with Crippen LogP contribution in [0.15, 0.2) is 18.0 Å². The van der Waals surface area contributed by atoms with Crippen LogP contribution < -0.4 is 5.32 Å². The highest BCUT2D eigenvalue weighted by atomic mass is 32.1. The Kier molecular flexibility index (Phi) is 4.83. The summed E-state index contributed by atoms with van der Waals surface area (Å²) in [5.74, 6) is 1.79. The number of nitrogens with zero attached hydrogens (tertiary/aromatic N) is 3. The molecule has 1 amide bonds. The van der Waals surface area contributed by atoms with E-state index in [1.54, 1.807) is 11.9 Å². The summed E-state index contributed by atoms with van der Waals surface area (Å²) >= 11 is 1.53. The highest BCUT2D eigenvalue weighted by Crippen LogP contribution is 2.40. The van der Waals surface area contributed by atoms with Crippen LogP contribution in [-0.4, -0.2) is 39.9 Å². The largest absolute Gasteiger partial charge is 0.369 e. The molecular weight excluding hydrogens is 368 g/mol. The second-order valence-corrected chi connectivity index (χ2v) is 9.53. The standard InChI is InChI=1S/C22H28N4OS/c1-14-18-20(23-10-9-15-5-3-2-4-6-15)24-13-25-21(18)28-19(14)22(27)26-12-16-7-8-17(26)11-16/h5,13,16-17H,2-4,6-12H2,1H3,(H,23,24,25)/t16-,17-/m0/s1. The molecule has 1 aliphatic heterocycles. The van der Waals surface area contributed by atoms with Crippen LogP contribution in [-0.2, 0) is 0 Å². The van der Waals surface area contributed by atoms with Crippen molar-refractivity contribution in [2.45, 2.75) is 64.3 Å². The number of amides is 1. The van der Waals surface area contributed by atoms with Crippen LogP contribution >= 0.6 is 11.3 Å². The second-order valence-electron chi connectivity index (χ2n) is 8.53. The summed E-state index contributed by atoms with van der Waals surface area (Å²) in [7, 11) is 0. The molecule has 0 aromatic carbocycles. The van der Waals surface area contributed by atoms with E-state index in [2.05, 4.69) is 33.2 Å². The first-order chi connectivity index (χ1) is 13.7. The van der Waals surface area contributed by atoms with Crippen molar-refractivity contribution in [1.82, 2.24) is 14.9 Å². The maximum Gasteiger partial charge on any atom is 0.264 e. The van der Waals surface area contributed by atoms with Crippen LogP contribution in [0.4, 0.5) is 5.82 Å². The number of nitrogens with one attached hydrogen (secondary N) is 1. The van der Waals surface area contributed by atoms with Gasteiger partial charge >= 0.3 is 0 Å². The molecule has 1 saturated heterocycles. The molecule has 28 heavy (non-hydrogen) atoms. The lowest BCUT2D eigenvalue weighted by atomic mass is 9.97. The van der Waals surface area contributed by atoms with E-state index in [4.69, 9.17) is 0 Å². The normalized spacial score (nSPS) is 24.0. The van der Waals surface area contributed by atoms with Crippen molar-refractivity contribution in [3.8, 4) is 0 Å². The number of anilines is 1. The summed E-state index contributed by atoms with van der Waals surface area (Å²) in [5.41, 5.74) is 2.60. The van der Waals surface area contributed by atoms with E-state index in [0.29, 0.717) is 6.04 Å². The first-order valence-electron chi connectivity index (χ1n) is 10.7. The number of piperidine rings is 1. The van der Waals surface area contributed by atoms with Crippen molar-refractivity contribution >= 4 is 33.3 Å². The lowest BCUT2D eigenvalue weighted by molar-refractivity contribution is 0.0708. The Morgan fingerprint density at radius 3 is 3.00 bits per heavy atom. The van der Waals surface area contributed by atoms with Gasteiger partial charge in [0.2, 0.25) is 0 Å². The van der Waals surface area contributed by atoms with E-state index >= 15 is 0 Å². The van der Waals surface area contributed by atoms with Gasteiger partial charge in [-0.3, -0.25) is 4.79 Å². The van der Waals surface area contributed by atoms with Gasteiger partial charge in [0, 0.05) is 19.1 Å². The number of rotatable bonds is 5. The van der Waals surface area contributed by atoms with Crippen molar-refractivity contribution in [3.05, 3.63) is 28.4 Å². The van der Waals surface area contributed by atoms with Crippen molar-refractivity contribution in [2.24, 2.45) is 5.92 Å². The first-order valence-corrected chi connectivity index (χ1v) is 11.5. The Labute approximate surface area is 170 Å². The van der Waals surface area contributed by atoms with Crippen molar-refractivity contribution in [3.63, 3.8) is 0 Å². The van der Waals surface area contributed by atoms with E-state index in [1.165, 1.54) is 56.3 Å². The summed E-state index contributed by atoms with van der Waals surface area (Å²) in [5, 5.41) is 4.54. The van der Waals surface area contributed by atoms with Crippen molar-refractivity contribution < 1.29 is 4.79 Å². The highest BCUT2D eigenvalue weighted by Gasteiger charge is 2.41. The number of hydrogen-bond donors (Lipinski definition) is 1.